The fourth-order valence-corrected chi connectivity index (χ4v) is 2.99. The average Bonchev–Trinajstić information content (AvgIpc) is 2.81. The first-order valence-corrected chi connectivity index (χ1v) is 7.23. The molecule has 1 heterocycles. The normalized spacial score (nSPS) is 22.8. The molecule has 1 amide bonds. The lowest BCUT2D eigenvalue weighted by Gasteiger charge is -2.25. The smallest absolute Gasteiger partial charge is 0.226 e. The molecule has 0 radical (unpaired) electrons. The van der Waals surface area contributed by atoms with Gasteiger partial charge in [0.15, 0.2) is 0 Å². The van der Waals surface area contributed by atoms with E-state index in [4.69, 9.17) is 0 Å². The first kappa shape index (κ1) is 17.9. The van der Waals surface area contributed by atoms with Gasteiger partial charge in [0, 0.05) is 31.0 Å². The third-order valence-corrected chi connectivity index (χ3v) is 4.13. The van der Waals surface area contributed by atoms with E-state index in [1.807, 2.05) is 31.0 Å². The van der Waals surface area contributed by atoms with Crippen molar-refractivity contribution in [2.45, 2.75) is 32.2 Å². The number of nitrogens with zero attached hydrogens (tertiary/aromatic N) is 1. The SMILES string of the molecule is CNCC(C)C(=O)N1CC(c2ccc(F)cc2)CC1C.Cl. The molecule has 1 aliphatic heterocycles. The molecule has 0 aliphatic carbocycles. The Bertz CT molecular complexity index is 466. The van der Waals surface area contributed by atoms with Gasteiger partial charge in [-0.3, -0.25) is 4.79 Å². The van der Waals surface area contributed by atoms with E-state index in [9.17, 15) is 9.18 Å². The number of carbonyl (C=O) groups is 1. The van der Waals surface area contributed by atoms with Crippen LogP contribution in [0.5, 0.6) is 0 Å². The third kappa shape index (κ3) is 4.17. The van der Waals surface area contributed by atoms with Crippen LogP contribution >= 0.6 is 12.4 Å². The highest BCUT2D eigenvalue weighted by Gasteiger charge is 2.34. The molecule has 5 heteroatoms. The molecule has 0 saturated carbocycles. The number of nitrogens with one attached hydrogen (secondary N) is 1. The molecule has 3 atom stereocenters. The molecule has 1 N–H and O–H groups in total. The first-order chi connectivity index (χ1) is 9.52. The molecular formula is C16H24ClFN2O. The minimum Gasteiger partial charge on any atom is -0.339 e. The first-order valence-electron chi connectivity index (χ1n) is 7.23. The van der Waals surface area contributed by atoms with Crippen LogP contribution in [0.25, 0.3) is 0 Å². The van der Waals surface area contributed by atoms with E-state index in [1.165, 1.54) is 12.1 Å². The molecule has 1 aliphatic rings. The van der Waals surface area contributed by atoms with Crippen LogP contribution in [0, 0.1) is 11.7 Å². The summed E-state index contributed by atoms with van der Waals surface area (Å²) in [6.07, 6.45) is 0.948. The van der Waals surface area contributed by atoms with E-state index in [1.54, 1.807) is 0 Å². The van der Waals surface area contributed by atoms with Gasteiger partial charge in [0.05, 0.1) is 0 Å². The summed E-state index contributed by atoms with van der Waals surface area (Å²) in [5.41, 5.74) is 1.12. The van der Waals surface area contributed by atoms with Gasteiger partial charge in [-0.1, -0.05) is 19.1 Å². The van der Waals surface area contributed by atoms with E-state index in [2.05, 4.69) is 12.2 Å². The Morgan fingerprint density at radius 1 is 1.43 bits per heavy atom. The summed E-state index contributed by atoms with van der Waals surface area (Å²) < 4.78 is 13.0. The molecule has 0 aromatic heterocycles. The number of amides is 1. The van der Waals surface area contributed by atoms with Crippen molar-refractivity contribution in [1.82, 2.24) is 10.2 Å². The van der Waals surface area contributed by atoms with Crippen molar-refractivity contribution < 1.29 is 9.18 Å². The van der Waals surface area contributed by atoms with Gasteiger partial charge in [-0.15, -0.1) is 12.4 Å². The molecule has 2 rings (SSSR count). The Balaban J connectivity index is 0.00000220. The van der Waals surface area contributed by atoms with Crippen LogP contribution < -0.4 is 5.32 Å². The van der Waals surface area contributed by atoms with Crippen LogP contribution in [-0.4, -0.2) is 37.0 Å². The average molecular weight is 315 g/mol. The predicted octanol–water partition coefficient (Wildman–Crippen LogP) is 2.81. The lowest BCUT2D eigenvalue weighted by atomic mass is 9.97. The summed E-state index contributed by atoms with van der Waals surface area (Å²) in [4.78, 5) is 14.4. The zero-order valence-corrected chi connectivity index (χ0v) is 13.6. The van der Waals surface area contributed by atoms with E-state index in [0.29, 0.717) is 12.5 Å². The van der Waals surface area contributed by atoms with Gasteiger partial charge < -0.3 is 10.2 Å². The van der Waals surface area contributed by atoms with Gasteiger partial charge >= 0.3 is 0 Å². The van der Waals surface area contributed by atoms with E-state index in [-0.39, 0.29) is 36.1 Å². The number of likely N-dealkylation sites (tertiary alicyclic amines) is 1. The molecule has 118 valence electrons. The van der Waals surface area contributed by atoms with Crippen molar-refractivity contribution in [3.8, 4) is 0 Å². The molecule has 1 aromatic rings. The number of benzene rings is 1. The van der Waals surface area contributed by atoms with Crippen LogP contribution in [0.4, 0.5) is 4.39 Å². The highest BCUT2D eigenvalue weighted by Crippen LogP contribution is 2.32. The van der Waals surface area contributed by atoms with Crippen molar-refractivity contribution in [3.63, 3.8) is 0 Å². The summed E-state index contributed by atoms with van der Waals surface area (Å²) in [5.74, 6) is 0.303. The zero-order valence-electron chi connectivity index (χ0n) is 12.8. The minimum atomic E-state index is -0.213. The van der Waals surface area contributed by atoms with E-state index in [0.717, 1.165) is 18.5 Å². The molecule has 1 saturated heterocycles. The fourth-order valence-electron chi connectivity index (χ4n) is 2.99. The van der Waals surface area contributed by atoms with Gasteiger partial charge in [-0.25, -0.2) is 4.39 Å². The third-order valence-electron chi connectivity index (χ3n) is 4.13. The Hall–Kier alpha value is -1.13. The maximum absolute atomic E-state index is 13.0. The molecule has 21 heavy (non-hydrogen) atoms. The van der Waals surface area contributed by atoms with Crippen LogP contribution in [0.1, 0.15) is 31.7 Å². The molecule has 0 bridgehead atoms. The van der Waals surface area contributed by atoms with Gasteiger partial charge in [0.25, 0.3) is 0 Å². The molecule has 0 spiro atoms. The minimum absolute atomic E-state index is 0. The van der Waals surface area contributed by atoms with Crippen molar-refractivity contribution in [1.29, 1.82) is 0 Å². The van der Waals surface area contributed by atoms with Crippen molar-refractivity contribution in [2.75, 3.05) is 20.1 Å². The quantitative estimate of drug-likeness (QED) is 0.927. The number of hydrogen-bond acceptors (Lipinski definition) is 2. The topological polar surface area (TPSA) is 32.3 Å². The summed E-state index contributed by atoms with van der Waals surface area (Å²) in [6, 6.07) is 6.90. The van der Waals surface area contributed by atoms with E-state index >= 15 is 0 Å². The molecule has 1 aromatic carbocycles. The van der Waals surface area contributed by atoms with E-state index < -0.39 is 0 Å². The maximum atomic E-state index is 13.0. The molecule has 3 nitrogen and oxygen atoms in total. The summed E-state index contributed by atoms with van der Waals surface area (Å²) >= 11 is 0. The summed E-state index contributed by atoms with van der Waals surface area (Å²) in [7, 11) is 1.86. The summed E-state index contributed by atoms with van der Waals surface area (Å²) in [5, 5.41) is 3.05. The summed E-state index contributed by atoms with van der Waals surface area (Å²) in [6.45, 7) is 5.48. The fraction of sp³-hybridized carbons (Fsp3) is 0.562. The van der Waals surface area contributed by atoms with Gasteiger partial charge in [0.2, 0.25) is 5.91 Å². The number of hydrogen-bond donors (Lipinski definition) is 1. The van der Waals surface area contributed by atoms with Crippen LogP contribution in [0.3, 0.4) is 0 Å². The number of rotatable bonds is 4. The van der Waals surface area contributed by atoms with Gasteiger partial charge in [0.1, 0.15) is 5.82 Å². The number of carbonyl (C=O) groups excluding carboxylic acids is 1. The largest absolute Gasteiger partial charge is 0.339 e. The van der Waals surface area contributed by atoms with Crippen molar-refractivity contribution >= 4 is 18.3 Å². The lowest BCUT2D eigenvalue weighted by molar-refractivity contribution is -0.135. The lowest BCUT2D eigenvalue weighted by Crippen LogP contribution is -2.40. The van der Waals surface area contributed by atoms with Crippen LogP contribution in [0.2, 0.25) is 0 Å². The second-order valence-electron chi connectivity index (χ2n) is 5.78. The van der Waals surface area contributed by atoms with Crippen molar-refractivity contribution in [2.24, 2.45) is 5.92 Å². The van der Waals surface area contributed by atoms with Crippen LogP contribution in [-0.2, 0) is 4.79 Å². The number of halogens is 2. The Morgan fingerprint density at radius 2 is 2.05 bits per heavy atom. The Labute approximate surface area is 132 Å². The Morgan fingerprint density at radius 3 is 2.62 bits per heavy atom. The molecule has 1 fully saturated rings. The van der Waals surface area contributed by atoms with Gasteiger partial charge in [-0.05, 0) is 38.1 Å². The molecular weight excluding hydrogens is 291 g/mol. The zero-order chi connectivity index (χ0) is 14.7. The second kappa shape index (κ2) is 7.76. The van der Waals surface area contributed by atoms with Crippen molar-refractivity contribution in [3.05, 3.63) is 35.6 Å². The standard InChI is InChI=1S/C16H23FN2O.ClH/c1-11(9-18-3)16(20)19-10-14(8-12(19)2)13-4-6-15(17)7-5-13;/h4-7,11-12,14,18H,8-10H2,1-3H3;1H. The highest BCUT2D eigenvalue weighted by molar-refractivity contribution is 5.85. The predicted molar refractivity (Wildman–Crippen MR) is 85.3 cm³/mol. The highest BCUT2D eigenvalue weighted by atomic mass is 35.5. The van der Waals surface area contributed by atoms with Gasteiger partial charge in [-0.2, -0.15) is 0 Å². The van der Waals surface area contributed by atoms with Crippen LogP contribution in [0.15, 0.2) is 24.3 Å². The monoisotopic (exact) mass is 314 g/mol. The molecule has 3 unspecified atom stereocenters. The Kier molecular flexibility index (Phi) is 6.62. The second-order valence-corrected chi connectivity index (χ2v) is 5.78. The maximum Gasteiger partial charge on any atom is 0.226 e.